The van der Waals surface area contributed by atoms with Crippen LogP contribution in [0.1, 0.15) is 23.0 Å². The Morgan fingerprint density at radius 2 is 2.25 bits per heavy atom. The van der Waals surface area contributed by atoms with Crippen molar-refractivity contribution in [3.63, 3.8) is 0 Å². The van der Waals surface area contributed by atoms with Crippen LogP contribution in [0.25, 0.3) is 5.82 Å². The first-order valence-electron chi connectivity index (χ1n) is 5.87. The number of ether oxygens (including phenoxy) is 1. The van der Waals surface area contributed by atoms with Gasteiger partial charge in [0.1, 0.15) is 5.69 Å². The third kappa shape index (κ3) is 2.63. The molecule has 0 aliphatic rings. The molecule has 0 radical (unpaired) electrons. The molecule has 0 N–H and O–H groups in total. The van der Waals surface area contributed by atoms with Crippen molar-refractivity contribution in [1.29, 1.82) is 0 Å². The zero-order valence-electron chi connectivity index (χ0n) is 10.9. The lowest BCUT2D eigenvalue weighted by Crippen LogP contribution is -2.04. The van der Waals surface area contributed by atoms with E-state index < -0.39 is 10.9 Å². The van der Waals surface area contributed by atoms with Gasteiger partial charge in [-0.1, -0.05) is 0 Å². The molecule has 2 aromatic rings. The van der Waals surface area contributed by atoms with Gasteiger partial charge in [-0.2, -0.15) is 5.10 Å². The predicted molar refractivity (Wildman–Crippen MR) is 68.7 cm³/mol. The largest absolute Gasteiger partial charge is 0.462 e. The van der Waals surface area contributed by atoms with Crippen LogP contribution in [0.2, 0.25) is 0 Å². The quantitative estimate of drug-likeness (QED) is 0.478. The standard InChI is InChI=1S/C12H12N4O4/c1-3-20-12(17)9-6-13-15(7-9)11-5-4-10(16(18)19)8(2)14-11/h4-7H,3H2,1-2H3. The second kappa shape index (κ2) is 5.47. The second-order valence-corrected chi connectivity index (χ2v) is 3.93. The Morgan fingerprint density at radius 1 is 1.50 bits per heavy atom. The van der Waals surface area contributed by atoms with E-state index in [1.807, 2.05) is 0 Å². The molecule has 0 atom stereocenters. The van der Waals surface area contributed by atoms with E-state index in [2.05, 4.69) is 10.1 Å². The van der Waals surface area contributed by atoms with Gasteiger partial charge in [-0.05, 0) is 19.9 Å². The summed E-state index contributed by atoms with van der Waals surface area (Å²) in [6, 6.07) is 2.82. The molecule has 0 unspecified atom stereocenters. The Labute approximate surface area is 114 Å². The van der Waals surface area contributed by atoms with Crippen molar-refractivity contribution in [3.8, 4) is 5.82 Å². The van der Waals surface area contributed by atoms with Crippen molar-refractivity contribution in [3.05, 3.63) is 45.9 Å². The fraction of sp³-hybridized carbons (Fsp3) is 0.250. The smallest absolute Gasteiger partial charge is 0.341 e. The molecule has 0 aliphatic carbocycles. The lowest BCUT2D eigenvalue weighted by Gasteiger charge is -2.02. The number of carbonyl (C=O) groups excluding carboxylic acids is 1. The number of rotatable bonds is 4. The number of nitro groups is 1. The highest BCUT2D eigenvalue weighted by Gasteiger charge is 2.14. The number of pyridine rings is 1. The number of carbonyl (C=O) groups is 1. The molecule has 2 heterocycles. The molecule has 104 valence electrons. The summed E-state index contributed by atoms with van der Waals surface area (Å²) in [7, 11) is 0. The van der Waals surface area contributed by atoms with Gasteiger partial charge in [-0.25, -0.2) is 14.5 Å². The van der Waals surface area contributed by atoms with Gasteiger partial charge in [0, 0.05) is 12.3 Å². The fourth-order valence-corrected chi connectivity index (χ4v) is 1.63. The lowest BCUT2D eigenvalue weighted by atomic mass is 10.3. The lowest BCUT2D eigenvalue weighted by molar-refractivity contribution is -0.385. The molecule has 0 bridgehead atoms. The van der Waals surface area contributed by atoms with Crippen molar-refractivity contribution in [1.82, 2.24) is 14.8 Å². The van der Waals surface area contributed by atoms with Crippen LogP contribution in [-0.4, -0.2) is 32.3 Å². The van der Waals surface area contributed by atoms with Crippen LogP contribution in [0.5, 0.6) is 0 Å². The molecular weight excluding hydrogens is 264 g/mol. The number of hydrogen-bond acceptors (Lipinski definition) is 6. The minimum Gasteiger partial charge on any atom is -0.462 e. The van der Waals surface area contributed by atoms with Crippen molar-refractivity contribution in [2.45, 2.75) is 13.8 Å². The summed E-state index contributed by atoms with van der Waals surface area (Å²) in [4.78, 5) is 25.8. The maximum absolute atomic E-state index is 11.5. The van der Waals surface area contributed by atoms with Crippen molar-refractivity contribution in [2.75, 3.05) is 6.61 Å². The molecule has 0 saturated heterocycles. The zero-order chi connectivity index (χ0) is 14.7. The third-order valence-electron chi connectivity index (χ3n) is 2.57. The average Bonchev–Trinajstić information content (AvgIpc) is 2.88. The molecule has 0 spiro atoms. The molecule has 20 heavy (non-hydrogen) atoms. The summed E-state index contributed by atoms with van der Waals surface area (Å²) in [5.41, 5.74) is 0.511. The molecular formula is C12H12N4O4. The first kappa shape index (κ1) is 13.7. The topological polar surface area (TPSA) is 100 Å². The Morgan fingerprint density at radius 3 is 2.85 bits per heavy atom. The fourth-order valence-electron chi connectivity index (χ4n) is 1.63. The van der Waals surface area contributed by atoms with Crippen LogP contribution in [0.15, 0.2) is 24.5 Å². The molecule has 2 aromatic heterocycles. The van der Waals surface area contributed by atoms with Crippen molar-refractivity contribution >= 4 is 11.7 Å². The second-order valence-electron chi connectivity index (χ2n) is 3.93. The van der Waals surface area contributed by atoms with Gasteiger partial charge >= 0.3 is 5.97 Å². The number of hydrogen-bond donors (Lipinski definition) is 0. The summed E-state index contributed by atoms with van der Waals surface area (Å²) in [5, 5.41) is 14.7. The van der Waals surface area contributed by atoms with E-state index in [9.17, 15) is 14.9 Å². The Balaban J connectivity index is 2.31. The van der Waals surface area contributed by atoms with Crippen molar-refractivity contribution < 1.29 is 14.5 Å². The molecule has 8 nitrogen and oxygen atoms in total. The summed E-state index contributed by atoms with van der Waals surface area (Å²) in [6.45, 7) is 3.53. The summed E-state index contributed by atoms with van der Waals surface area (Å²) < 4.78 is 6.21. The minimum absolute atomic E-state index is 0.0634. The van der Waals surface area contributed by atoms with Gasteiger partial charge in [0.15, 0.2) is 5.82 Å². The molecule has 0 fully saturated rings. The van der Waals surface area contributed by atoms with E-state index in [4.69, 9.17) is 4.74 Å². The van der Waals surface area contributed by atoms with E-state index in [-0.39, 0.29) is 18.0 Å². The van der Waals surface area contributed by atoms with Gasteiger partial charge in [0.05, 0.1) is 23.3 Å². The Bertz CT molecular complexity index is 665. The van der Waals surface area contributed by atoms with Gasteiger partial charge in [0.2, 0.25) is 0 Å². The molecule has 0 amide bonds. The van der Waals surface area contributed by atoms with Crippen molar-refractivity contribution in [2.24, 2.45) is 0 Å². The number of aryl methyl sites for hydroxylation is 1. The van der Waals surface area contributed by atoms with Crippen LogP contribution in [0, 0.1) is 17.0 Å². The minimum atomic E-state index is -0.501. The Kier molecular flexibility index (Phi) is 3.74. The van der Waals surface area contributed by atoms with E-state index >= 15 is 0 Å². The molecule has 0 saturated carbocycles. The summed E-state index contributed by atoms with van der Waals surface area (Å²) in [5.74, 6) is -0.0824. The van der Waals surface area contributed by atoms with Gasteiger partial charge in [-0.15, -0.1) is 0 Å². The number of nitrogens with zero attached hydrogens (tertiary/aromatic N) is 4. The monoisotopic (exact) mass is 276 g/mol. The van der Waals surface area contributed by atoms with Crippen LogP contribution in [0.3, 0.4) is 0 Å². The Hall–Kier alpha value is -2.77. The molecule has 2 rings (SSSR count). The van der Waals surface area contributed by atoms with E-state index in [0.717, 1.165) is 0 Å². The van der Waals surface area contributed by atoms with E-state index in [0.29, 0.717) is 11.4 Å². The van der Waals surface area contributed by atoms with E-state index in [1.54, 1.807) is 6.92 Å². The normalized spacial score (nSPS) is 10.3. The van der Waals surface area contributed by atoms with Crippen LogP contribution in [0.4, 0.5) is 5.69 Å². The third-order valence-corrected chi connectivity index (χ3v) is 2.57. The van der Waals surface area contributed by atoms with Crippen LogP contribution < -0.4 is 0 Å². The average molecular weight is 276 g/mol. The maximum Gasteiger partial charge on any atom is 0.341 e. The molecule has 8 heteroatoms. The summed E-state index contributed by atoms with van der Waals surface area (Å²) in [6.07, 6.45) is 2.82. The highest BCUT2D eigenvalue weighted by Crippen LogP contribution is 2.17. The first-order valence-corrected chi connectivity index (χ1v) is 5.87. The predicted octanol–water partition coefficient (Wildman–Crippen LogP) is 1.66. The highest BCUT2D eigenvalue weighted by atomic mass is 16.6. The molecule has 0 aliphatic heterocycles. The number of aromatic nitrogens is 3. The summed E-state index contributed by atoms with van der Waals surface area (Å²) >= 11 is 0. The SMILES string of the molecule is CCOC(=O)c1cnn(-c2ccc([N+](=O)[O-])c(C)n2)c1. The van der Waals surface area contributed by atoms with E-state index in [1.165, 1.54) is 36.1 Å². The highest BCUT2D eigenvalue weighted by molar-refractivity contribution is 5.88. The first-order chi connectivity index (χ1) is 9.52. The van der Waals surface area contributed by atoms with Gasteiger partial charge in [-0.3, -0.25) is 10.1 Å². The van der Waals surface area contributed by atoms with Crippen LogP contribution in [-0.2, 0) is 4.74 Å². The number of esters is 1. The van der Waals surface area contributed by atoms with Gasteiger partial charge < -0.3 is 4.74 Å². The molecule has 0 aromatic carbocycles. The van der Waals surface area contributed by atoms with Crippen LogP contribution >= 0.6 is 0 Å². The zero-order valence-corrected chi connectivity index (χ0v) is 10.9. The van der Waals surface area contributed by atoms with Gasteiger partial charge in [0.25, 0.3) is 5.69 Å². The maximum atomic E-state index is 11.5.